The molecule has 1 atom stereocenters. The normalized spacial score (nSPS) is 14.5. The summed E-state index contributed by atoms with van der Waals surface area (Å²) in [5.41, 5.74) is 3.34. The largest absolute Gasteiger partial charge is 0.397 e. The van der Waals surface area contributed by atoms with Crippen molar-refractivity contribution in [3.63, 3.8) is 0 Å². The van der Waals surface area contributed by atoms with Crippen molar-refractivity contribution >= 4 is 17.3 Å². The lowest BCUT2D eigenvalue weighted by Crippen LogP contribution is -2.40. The number of aromatic nitrogens is 4. The van der Waals surface area contributed by atoms with Crippen molar-refractivity contribution < 1.29 is 14.7 Å². The van der Waals surface area contributed by atoms with Gasteiger partial charge >= 0.3 is 0 Å². The van der Waals surface area contributed by atoms with Gasteiger partial charge in [-0.3, -0.25) is 4.84 Å². The molecule has 0 aromatic carbocycles. The summed E-state index contributed by atoms with van der Waals surface area (Å²) in [7, 11) is 1.66. The number of aliphatic hydroxyl groups is 1. The first kappa shape index (κ1) is 24.8. The Balaban J connectivity index is 0.000000968. The summed E-state index contributed by atoms with van der Waals surface area (Å²) in [4.78, 5) is 12.8. The molecule has 33 heavy (non-hydrogen) atoms. The summed E-state index contributed by atoms with van der Waals surface area (Å²) in [6, 6.07) is 6.22. The molecule has 4 rings (SSSR count). The van der Waals surface area contributed by atoms with Gasteiger partial charge in [-0.2, -0.15) is 9.61 Å². The number of aliphatic hydroxyl groups excluding tert-OH is 1. The average molecular weight is 456 g/mol. The van der Waals surface area contributed by atoms with Crippen LogP contribution in [0.2, 0.25) is 0 Å². The van der Waals surface area contributed by atoms with Crippen molar-refractivity contribution in [2.24, 2.45) is 0 Å². The number of pyridine rings is 1. The van der Waals surface area contributed by atoms with E-state index < -0.39 is 0 Å². The van der Waals surface area contributed by atoms with Gasteiger partial charge in [0.05, 0.1) is 6.20 Å². The molecule has 0 spiro atoms. The Kier molecular flexibility index (Phi) is 9.30. The number of anilines is 2. The topological polar surface area (TPSA) is 78.8 Å². The Morgan fingerprint density at radius 3 is 2.70 bits per heavy atom. The first-order valence-corrected chi connectivity index (χ1v) is 12.1. The molecule has 1 aliphatic rings. The number of piperidine rings is 1. The van der Waals surface area contributed by atoms with Crippen LogP contribution in [0, 0.1) is 0 Å². The van der Waals surface area contributed by atoms with Crippen LogP contribution in [0.25, 0.3) is 5.65 Å². The summed E-state index contributed by atoms with van der Waals surface area (Å²) >= 11 is 0. The molecular formula is C25H39N6O2+. The van der Waals surface area contributed by atoms with Crippen molar-refractivity contribution in [3.05, 3.63) is 47.9 Å². The second kappa shape index (κ2) is 12.4. The van der Waals surface area contributed by atoms with Gasteiger partial charge in [-0.1, -0.05) is 20.3 Å². The first-order chi connectivity index (χ1) is 16.1. The van der Waals surface area contributed by atoms with Crippen LogP contribution in [-0.4, -0.2) is 46.5 Å². The van der Waals surface area contributed by atoms with Crippen LogP contribution in [0.3, 0.4) is 0 Å². The summed E-state index contributed by atoms with van der Waals surface area (Å²) in [6.45, 7) is 9.26. The smallest absolute Gasteiger partial charge is 0.227 e. The van der Waals surface area contributed by atoms with Crippen LogP contribution in [-0.2, 0) is 6.54 Å². The lowest BCUT2D eigenvalue weighted by molar-refractivity contribution is -0.885. The Bertz CT molecular complexity index is 1000. The monoisotopic (exact) mass is 455 g/mol. The molecule has 0 bridgehead atoms. The van der Waals surface area contributed by atoms with E-state index >= 15 is 0 Å². The number of fused-ring (bicyclic) bond motifs is 1. The highest BCUT2D eigenvalue weighted by Gasteiger charge is 2.19. The third-order valence-electron chi connectivity index (χ3n) is 5.94. The van der Waals surface area contributed by atoms with Crippen molar-refractivity contribution in [2.45, 2.75) is 65.3 Å². The molecule has 8 nitrogen and oxygen atoms in total. The molecule has 4 heterocycles. The molecule has 1 fully saturated rings. The molecule has 2 N–H and O–H groups in total. The lowest BCUT2D eigenvalue weighted by atomic mass is 9.99. The van der Waals surface area contributed by atoms with Crippen LogP contribution >= 0.6 is 0 Å². The maximum atomic E-state index is 7.57. The summed E-state index contributed by atoms with van der Waals surface area (Å²) in [5.74, 6) is 2.47. The molecule has 0 aliphatic carbocycles. The number of nitrogens with zero attached hydrogens (tertiary/aromatic N) is 5. The zero-order chi connectivity index (χ0) is 23.6. The van der Waals surface area contributed by atoms with E-state index in [4.69, 9.17) is 20.0 Å². The predicted octanol–water partition coefficient (Wildman–Crippen LogP) is 3.58. The fraction of sp³-hybridized carbons (Fsp3) is 0.560. The first-order valence-electron chi connectivity index (χ1n) is 12.1. The number of nitrogens with one attached hydrogen (secondary N) is 1. The van der Waals surface area contributed by atoms with E-state index in [1.807, 2.05) is 29.2 Å². The minimum absolute atomic E-state index is 0.250. The minimum Gasteiger partial charge on any atom is -0.397 e. The van der Waals surface area contributed by atoms with Gasteiger partial charge < -0.3 is 15.3 Å². The highest BCUT2D eigenvalue weighted by Crippen LogP contribution is 2.29. The molecule has 180 valence electrons. The van der Waals surface area contributed by atoms with E-state index in [0.29, 0.717) is 12.5 Å². The Morgan fingerprint density at radius 2 is 2.00 bits per heavy atom. The van der Waals surface area contributed by atoms with E-state index in [9.17, 15) is 0 Å². The lowest BCUT2D eigenvalue weighted by Gasteiger charge is -2.28. The van der Waals surface area contributed by atoms with Gasteiger partial charge in [-0.05, 0) is 44.6 Å². The standard InChI is InChI=1S/C23H33N6O.C2H6O/c1-4-9-18(2)20-16-25-29-21(24-15-19-10-8-13-28(17-19)30-3)14-22(26-23(20)29)27-11-6-5-7-12-27;1-2-3/h8,10,13-14,16-18,24H,4-7,9,11-12,15H2,1-3H3;3H,2H2,1H3/q+1;. The SMILES string of the molecule is CCCC(C)c1cnn2c(NCc3ccc[n+](OC)c3)cc(N3CCCCC3)nc12.CCO. The molecule has 0 saturated carbocycles. The van der Waals surface area contributed by atoms with Crippen molar-refractivity contribution in [3.8, 4) is 0 Å². The highest BCUT2D eigenvalue weighted by atomic mass is 16.6. The van der Waals surface area contributed by atoms with Gasteiger partial charge in [0.15, 0.2) is 5.65 Å². The zero-order valence-electron chi connectivity index (χ0n) is 20.5. The van der Waals surface area contributed by atoms with E-state index in [1.165, 1.54) is 24.8 Å². The van der Waals surface area contributed by atoms with E-state index in [-0.39, 0.29) is 6.61 Å². The number of rotatable bonds is 8. The Labute approximate surface area is 197 Å². The second-order valence-corrected chi connectivity index (χ2v) is 8.50. The van der Waals surface area contributed by atoms with Crippen LogP contribution in [0.4, 0.5) is 11.6 Å². The highest BCUT2D eigenvalue weighted by molar-refractivity contribution is 5.62. The number of hydrogen-bond donors (Lipinski definition) is 2. The maximum absolute atomic E-state index is 7.57. The van der Waals surface area contributed by atoms with E-state index in [0.717, 1.165) is 48.8 Å². The Morgan fingerprint density at radius 1 is 1.24 bits per heavy atom. The summed E-state index contributed by atoms with van der Waals surface area (Å²) in [5, 5.41) is 15.9. The molecule has 8 heteroatoms. The summed E-state index contributed by atoms with van der Waals surface area (Å²) < 4.78 is 3.67. The molecular weight excluding hydrogens is 416 g/mol. The van der Waals surface area contributed by atoms with Crippen molar-refractivity contribution in [1.29, 1.82) is 0 Å². The van der Waals surface area contributed by atoms with Gasteiger partial charge in [0.25, 0.3) is 0 Å². The van der Waals surface area contributed by atoms with Crippen molar-refractivity contribution in [2.75, 3.05) is 37.0 Å². The quantitative estimate of drug-likeness (QED) is 0.506. The third kappa shape index (κ3) is 6.35. The molecule has 0 radical (unpaired) electrons. The summed E-state index contributed by atoms with van der Waals surface area (Å²) in [6.07, 6.45) is 11.9. The van der Waals surface area contributed by atoms with Crippen LogP contribution in [0.15, 0.2) is 36.8 Å². The third-order valence-corrected chi connectivity index (χ3v) is 5.94. The second-order valence-electron chi connectivity index (χ2n) is 8.50. The fourth-order valence-corrected chi connectivity index (χ4v) is 4.23. The fourth-order valence-electron chi connectivity index (χ4n) is 4.23. The molecule has 3 aromatic heterocycles. The molecule has 1 aliphatic heterocycles. The molecule has 1 saturated heterocycles. The van der Waals surface area contributed by atoms with E-state index in [1.54, 1.807) is 18.8 Å². The number of hydrogen-bond acceptors (Lipinski definition) is 6. The molecule has 1 unspecified atom stereocenters. The van der Waals surface area contributed by atoms with Crippen LogP contribution in [0.5, 0.6) is 0 Å². The van der Waals surface area contributed by atoms with Gasteiger partial charge in [0.2, 0.25) is 12.4 Å². The van der Waals surface area contributed by atoms with E-state index in [2.05, 4.69) is 36.2 Å². The molecule has 3 aromatic rings. The van der Waals surface area contributed by atoms with Crippen LogP contribution in [0.1, 0.15) is 69.9 Å². The zero-order valence-corrected chi connectivity index (χ0v) is 20.5. The van der Waals surface area contributed by atoms with Gasteiger partial charge in [-0.15, -0.1) is 0 Å². The minimum atomic E-state index is 0.250. The van der Waals surface area contributed by atoms with Gasteiger partial charge in [-0.25, -0.2) is 4.98 Å². The molecule has 0 amide bonds. The van der Waals surface area contributed by atoms with Crippen molar-refractivity contribution in [1.82, 2.24) is 14.6 Å². The van der Waals surface area contributed by atoms with Gasteiger partial charge in [0.1, 0.15) is 18.7 Å². The van der Waals surface area contributed by atoms with Gasteiger partial charge in [0, 0.05) is 54.2 Å². The van der Waals surface area contributed by atoms with Crippen LogP contribution < -0.4 is 19.8 Å². The average Bonchev–Trinajstić information content (AvgIpc) is 3.28. The maximum Gasteiger partial charge on any atom is 0.227 e. The Hall–Kier alpha value is -2.87. The predicted molar refractivity (Wildman–Crippen MR) is 132 cm³/mol.